The van der Waals surface area contributed by atoms with Gasteiger partial charge in [0.05, 0.1) is 26.7 Å². The summed E-state index contributed by atoms with van der Waals surface area (Å²) in [5.41, 5.74) is 6.78. The smallest absolute Gasteiger partial charge is 0.311 e. The van der Waals surface area contributed by atoms with E-state index < -0.39 is 17.6 Å². The number of methoxy groups -OCH3 is 1. The Morgan fingerprint density at radius 1 is 1.47 bits per heavy atom. The number of rotatable bonds is 4. The summed E-state index contributed by atoms with van der Waals surface area (Å²) in [5, 5.41) is 0. The molecule has 0 saturated carbocycles. The van der Waals surface area contributed by atoms with E-state index >= 15 is 0 Å². The van der Waals surface area contributed by atoms with Crippen LogP contribution >= 0.6 is 0 Å². The molecule has 1 aliphatic rings. The fraction of sp³-hybridized carbons (Fsp3) is 0.462. The first-order valence-electron chi connectivity index (χ1n) is 5.93. The summed E-state index contributed by atoms with van der Waals surface area (Å²) in [5.74, 6) is -1.96. The van der Waals surface area contributed by atoms with Crippen molar-refractivity contribution in [2.45, 2.75) is 18.6 Å². The molecule has 0 bridgehead atoms. The molecule has 0 unspecified atom stereocenters. The molecule has 0 aromatic heterocycles. The van der Waals surface area contributed by atoms with Gasteiger partial charge >= 0.3 is 5.97 Å². The Morgan fingerprint density at radius 3 is 2.79 bits per heavy atom. The zero-order valence-electron chi connectivity index (χ0n) is 10.6. The molecular formula is C13H16FNO4. The minimum Gasteiger partial charge on any atom is -0.469 e. The molecule has 0 aliphatic carbocycles. The van der Waals surface area contributed by atoms with Gasteiger partial charge in [-0.3, -0.25) is 4.79 Å². The molecule has 19 heavy (non-hydrogen) atoms. The number of carbonyl (C=O) groups is 1. The van der Waals surface area contributed by atoms with Gasteiger partial charge in [-0.25, -0.2) is 4.39 Å². The summed E-state index contributed by atoms with van der Waals surface area (Å²) in [6.45, 7) is 0.762. The van der Waals surface area contributed by atoms with E-state index in [4.69, 9.17) is 15.2 Å². The van der Waals surface area contributed by atoms with E-state index in [-0.39, 0.29) is 12.8 Å². The summed E-state index contributed by atoms with van der Waals surface area (Å²) in [6.07, 6.45) is 0.144. The molecule has 6 heteroatoms. The van der Waals surface area contributed by atoms with Crippen molar-refractivity contribution in [1.29, 1.82) is 0 Å². The highest BCUT2D eigenvalue weighted by Gasteiger charge is 2.40. The van der Waals surface area contributed by atoms with Gasteiger partial charge in [-0.05, 0) is 23.8 Å². The highest BCUT2D eigenvalue weighted by Crippen LogP contribution is 2.30. The number of anilines is 1. The van der Waals surface area contributed by atoms with Crippen molar-refractivity contribution in [2.75, 3.05) is 26.1 Å². The number of halogens is 1. The predicted octanol–water partition coefficient (Wildman–Crippen LogP) is 1.26. The van der Waals surface area contributed by atoms with Crippen molar-refractivity contribution in [1.82, 2.24) is 0 Å². The third-order valence-corrected chi connectivity index (χ3v) is 3.02. The molecule has 1 aromatic rings. The van der Waals surface area contributed by atoms with Gasteiger partial charge in [0.1, 0.15) is 5.82 Å². The molecule has 2 N–H and O–H groups in total. The number of ether oxygens (including phenoxy) is 3. The van der Waals surface area contributed by atoms with Gasteiger partial charge in [0.25, 0.3) is 0 Å². The second-order valence-corrected chi connectivity index (χ2v) is 4.38. The second-order valence-electron chi connectivity index (χ2n) is 4.38. The van der Waals surface area contributed by atoms with Crippen LogP contribution in [0.4, 0.5) is 10.1 Å². The van der Waals surface area contributed by atoms with Crippen molar-refractivity contribution in [3.05, 3.63) is 29.6 Å². The van der Waals surface area contributed by atoms with Gasteiger partial charge in [-0.2, -0.15) is 0 Å². The number of hydrogen-bond donors (Lipinski definition) is 1. The van der Waals surface area contributed by atoms with Crippen LogP contribution in [0.3, 0.4) is 0 Å². The lowest BCUT2D eigenvalue weighted by molar-refractivity contribution is -0.180. The number of esters is 1. The Kier molecular flexibility index (Phi) is 4.01. The van der Waals surface area contributed by atoms with Crippen LogP contribution < -0.4 is 5.73 Å². The Bertz CT molecular complexity index is 472. The summed E-state index contributed by atoms with van der Waals surface area (Å²) < 4.78 is 28.9. The molecule has 5 nitrogen and oxygen atoms in total. The predicted molar refractivity (Wildman–Crippen MR) is 65.8 cm³/mol. The normalized spacial score (nSPS) is 17.4. The SMILES string of the molecule is COC(=O)CC1(Cc2cc(F)ccc2N)OCCO1. The summed E-state index contributed by atoms with van der Waals surface area (Å²) in [4.78, 5) is 11.4. The van der Waals surface area contributed by atoms with Crippen LogP contribution in [0.15, 0.2) is 18.2 Å². The van der Waals surface area contributed by atoms with Crippen LogP contribution in [0.2, 0.25) is 0 Å². The Morgan fingerprint density at radius 2 is 2.16 bits per heavy atom. The molecule has 104 valence electrons. The van der Waals surface area contributed by atoms with E-state index in [1.165, 1.54) is 25.3 Å². The molecule has 0 radical (unpaired) electrons. The van der Waals surface area contributed by atoms with Crippen LogP contribution in [-0.4, -0.2) is 32.1 Å². The third kappa shape index (κ3) is 3.21. The maximum absolute atomic E-state index is 13.2. The largest absolute Gasteiger partial charge is 0.469 e. The fourth-order valence-corrected chi connectivity index (χ4v) is 2.07. The van der Waals surface area contributed by atoms with Gasteiger partial charge in [0.2, 0.25) is 0 Å². The number of carbonyl (C=O) groups excluding carboxylic acids is 1. The molecule has 0 atom stereocenters. The lowest BCUT2D eigenvalue weighted by atomic mass is 10.0. The van der Waals surface area contributed by atoms with E-state index in [9.17, 15) is 9.18 Å². The second kappa shape index (κ2) is 5.54. The number of nitrogen functional groups attached to an aromatic ring is 1. The molecule has 1 aromatic carbocycles. The van der Waals surface area contributed by atoms with Crippen LogP contribution in [0.25, 0.3) is 0 Å². The van der Waals surface area contributed by atoms with Gasteiger partial charge in [0.15, 0.2) is 5.79 Å². The van der Waals surface area contributed by atoms with Gasteiger partial charge < -0.3 is 19.9 Å². The van der Waals surface area contributed by atoms with E-state index in [2.05, 4.69) is 4.74 Å². The zero-order valence-corrected chi connectivity index (χ0v) is 10.6. The average Bonchev–Trinajstić information content (AvgIpc) is 2.82. The molecule has 0 spiro atoms. The lowest BCUT2D eigenvalue weighted by Gasteiger charge is -2.26. The first kappa shape index (κ1) is 13.8. The van der Waals surface area contributed by atoms with Crippen molar-refractivity contribution in [2.24, 2.45) is 0 Å². The summed E-state index contributed by atoms with van der Waals surface area (Å²) in [6, 6.07) is 4.08. The number of nitrogens with two attached hydrogens (primary N) is 1. The summed E-state index contributed by atoms with van der Waals surface area (Å²) in [7, 11) is 1.29. The lowest BCUT2D eigenvalue weighted by Crippen LogP contribution is -2.36. The van der Waals surface area contributed by atoms with Gasteiger partial charge in [-0.15, -0.1) is 0 Å². The molecular weight excluding hydrogens is 253 g/mol. The molecule has 2 rings (SSSR count). The molecule has 0 amide bonds. The highest BCUT2D eigenvalue weighted by molar-refractivity contribution is 5.70. The van der Waals surface area contributed by atoms with Crippen molar-refractivity contribution in [3.63, 3.8) is 0 Å². The van der Waals surface area contributed by atoms with E-state index in [1.807, 2.05) is 0 Å². The van der Waals surface area contributed by atoms with Crippen LogP contribution in [-0.2, 0) is 25.4 Å². The van der Waals surface area contributed by atoms with Crippen LogP contribution in [0.5, 0.6) is 0 Å². The quantitative estimate of drug-likeness (QED) is 0.658. The Hall–Kier alpha value is -1.66. The van der Waals surface area contributed by atoms with Crippen LogP contribution in [0, 0.1) is 5.82 Å². The Labute approximate surface area is 110 Å². The third-order valence-electron chi connectivity index (χ3n) is 3.02. The van der Waals surface area contributed by atoms with Crippen molar-refractivity contribution >= 4 is 11.7 Å². The van der Waals surface area contributed by atoms with E-state index in [0.29, 0.717) is 24.5 Å². The molecule has 1 fully saturated rings. The first-order valence-corrected chi connectivity index (χ1v) is 5.93. The average molecular weight is 269 g/mol. The monoisotopic (exact) mass is 269 g/mol. The molecule has 1 saturated heterocycles. The number of hydrogen-bond acceptors (Lipinski definition) is 5. The highest BCUT2D eigenvalue weighted by atomic mass is 19.1. The molecule has 1 aliphatic heterocycles. The molecule has 1 heterocycles. The van der Waals surface area contributed by atoms with E-state index in [1.54, 1.807) is 0 Å². The maximum Gasteiger partial charge on any atom is 0.311 e. The van der Waals surface area contributed by atoms with Crippen LogP contribution in [0.1, 0.15) is 12.0 Å². The fourth-order valence-electron chi connectivity index (χ4n) is 2.07. The van der Waals surface area contributed by atoms with Crippen molar-refractivity contribution < 1.29 is 23.4 Å². The minimum atomic E-state index is -1.12. The standard InChI is InChI=1S/C13H16FNO4/c1-17-12(16)8-13(18-4-5-19-13)7-9-6-10(14)2-3-11(9)15/h2-3,6H,4-5,7-8,15H2,1H3. The minimum absolute atomic E-state index is 0.0561. The summed E-state index contributed by atoms with van der Waals surface area (Å²) >= 11 is 0. The Balaban J connectivity index is 2.21. The van der Waals surface area contributed by atoms with Crippen molar-refractivity contribution in [3.8, 4) is 0 Å². The van der Waals surface area contributed by atoms with Gasteiger partial charge in [-0.1, -0.05) is 0 Å². The topological polar surface area (TPSA) is 70.8 Å². The van der Waals surface area contributed by atoms with E-state index in [0.717, 1.165) is 0 Å². The zero-order chi connectivity index (χ0) is 13.9. The number of benzene rings is 1. The first-order chi connectivity index (χ1) is 9.04. The maximum atomic E-state index is 13.2. The van der Waals surface area contributed by atoms with Gasteiger partial charge in [0, 0.05) is 12.1 Å².